The number of nitro benzene ring substituents is 3. The molecule has 0 aliphatic heterocycles. The summed E-state index contributed by atoms with van der Waals surface area (Å²) in [5.74, 6) is -0.195. The van der Waals surface area contributed by atoms with Gasteiger partial charge >= 0.3 is 11.4 Å². The maximum Gasteiger partial charge on any atom is 0.324 e. The summed E-state index contributed by atoms with van der Waals surface area (Å²) in [7, 11) is 0. The van der Waals surface area contributed by atoms with E-state index in [0.29, 0.717) is 12.1 Å². The molecule has 1 aromatic rings. The summed E-state index contributed by atoms with van der Waals surface area (Å²) in [6, 6.07) is 0.894. The maximum atomic E-state index is 10.4. The fourth-order valence-electron chi connectivity index (χ4n) is 1.86. The lowest BCUT2D eigenvalue weighted by Gasteiger charge is -1.98. The highest BCUT2D eigenvalue weighted by Crippen LogP contribution is 2.38. The molecule has 0 unspecified atom stereocenters. The maximum absolute atomic E-state index is 10.4. The fourth-order valence-corrected chi connectivity index (χ4v) is 2.43. The summed E-state index contributed by atoms with van der Waals surface area (Å²) < 4.78 is 0. The molecule has 150 valence electrons. The smallest absolute Gasteiger partial charge is 0.324 e. The van der Waals surface area contributed by atoms with Gasteiger partial charge in [-0.05, 0) is 6.42 Å². The summed E-state index contributed by atoms with van der Waals surface area (Å²) in [6.45, 7) is 2.21. The molecule has 27 heavy (non-hydrogen) atoms. The van der Waals surface area contributed by atoms with Crippen molar-refractivity contribution in [3.8, 4) is 5.75 Å². The minimum absolute atomic E-state index is 0.250. The average molecular weight is 403 g/mol. The quantitative estimate of drug-likeness (QED) is 0.181. The Morgan fingerprint density at radius 3 is 1.89 bits per heavy atom. The van der Waals surface area contributed by atoms with Gasteiger partial charge in [0.1, 0.15) is 0 Å². The summed E-state index contributed by atoms with van der Waals surface area (Å²) >= 11 is 1.45. The minimum Gasteiger partial charge on any atom is -0.497 e. The van der Waals surface area contributed by atoms with E-state index in [2.05, 4.69) is 6.92 Å². The Bertz CT molecular complexity index is 663. The third kappa shape index (κ3) is 9.34. The third-order valence-electron chi connectivity index (χ3n) is 3.16. The molecule has 1 rings (SSSR count). The van der Waals surface area contributed by atoms with Gasteiger partial charge in [0.05, 0.1) is 26.9 Å². The van der Waals surface area contributed by atoms with Gasteiger partial charge in [0.2, 0.25) is 0 Å². The molecule has 0 heterocycles. The van der Waals surface area contributed by atoms with Crippen molar-refractivity contribution >= 4 is 34.0 Å². The molecule has 4 N–H and O–H groups in total. The molecule has 0 amide bonds. The van der Waals surface area contributed by atoms with E-state index < -0.39 is 37.6 Å². The monoisotopic (exact) mass is 403 g/mol. The minimum atomic E-state index is -1.21. The lowest BCUT2D eigenvalue weighted by Crippen LogP contribution is -2.04. The largest absolute Gasteiger partial charge is 0.497 e. The van der Waals surface area contributed by atoms with Gasteiger partial charge in [0.15, 0.2) is 5.17 Å². The Labute approximate surface area is 158 Å². The number of benzene rings is 1. The van der Waals surface area contributed by atoms with Gasteiger partial charge in [0, 0.05) is 5.75 Å². The highest BCUT2D eigenvalue weighted by molar-refractivity contribution is 8.13. The summed E-state index contributed by atoms with van der Waals surface area (Å²) in [4.78, 5) is 27.8. The molecule has 1 aromatic carbocycles. The van der Waals surface area contributed by atoms with Crippen LogP contribution in [0.3, 0.4) is 0 Å². The van der Waals surface area contributed by atoms with E-state index in [0.717, 1.165) is 5.75 Å². The molecule has 0 atom stereocenters. The molecule has 0 aliphatic carbocycles. The average Bonchev–Trinajstić information content (AvgIpc) is 2.57. The van der Waals surface area contributed by atoms with Gasteiger partial charge in [-0.1, -0.05) is 44.4 Å². The van der Waals surface area contributed by atoms with Crippen LogP contribution in [0.15, 0.2) is 12.1 Å². The van der Waals surface area contributed by atoms with Crippen LogP contribution in [0.4, 0.5) is 17.1 Å². The molecule has 0 saturated heterocycles. The number of nitrogens with zero attached hydrogens (tertiary/aromatic N) is 3. The number of nitro groups is 3. The van der Waals surface area contributed by atoms with Crippen molar-refractivity contribution in [2.45, 2.75) is 39.0 Å². The summed E-state index contributed by atoms with van der Waals surface area (Å²) in [6.07, 6.45) is 6.44. The molecular weight excluding hydrogens is 382 g/mol. The number of hydrogen-bond acceptors (Lipinski definition) is 9. The third-order valence-corrected chi connectivity index (χ3v) is 3.97. The number of non-ortho nitro benzene ring substituents is 1. The van der Waals surface area contributed by atoms with Crippen molar-refractivity contribution in [1.82, 2.24) is 0 Å². The standard InChI is InChI=1S/C8H18N2S.C6H3N3O7/c1-2-3-4-5-6-7-11-8(9)10;10-6-4(8(13)14)1-3(7(11)12)2-5(6)9(15)16/h2-7H2,1H3,(H3,9,10);1-2,10H. The van der Waals surface area contributed by atoms with Gasteiger partial charge in [0.25, 0.3) is 11.4 Å². The molecule has 0 fully saturated rings. The molecule has 0 saturated carbocycles. The van der Waals surface area contributed by atoms with Crippen molar-refractivity contribution in [2.75, 3.05) is 5.75 Å². The van der Waals surface area contributed by atoms with Crippen molar-refractivity contribution in [3.05, 3.63) is 42.5 Å². The zero-order chi connectivity index (χ0) is 21.0. The molecule has 0 aromatic heterocycles. The van der Waals surface area contributed by atoms with Crippen LogP contribution in [-0.2, 0) is 0 Å². The van der Waals surface area contributed by atoms with Gasteiger partial charge in [-0.15, -0.1) is 0 Å². The van der Waals surface area contributed by atoms with Crippen molar-refractivity contribution in [2.24, 2.45) is 5.73 Å². The van der Waals surface area contributed by atoms with Crippen LogP contribution < -0.4 is 5.73 Å². The van der Waals surface area contributed by atoms with Gasteiger partial charge in [-0.2, -0.15) is 0 Å². The first-order chi connectivity index (χ1) is 12.6. The van der Waals surface area contributed by atoms with E-state index in [4.69, 9.17) is 16.2 Å². The summed E-state index contributed by atoms with van der Waals surface area (Å²) in [5.41, 5.74) is 2.18. The van der Waals surface area contributed by atoms with Crippen molar-refractivity contribution in [3.63, 3.8) is 0 Å². The topological polar surface area (TPSA) is 200 Å². The van der Waals surface area contributed by atoms with E-state index in [1.807, 2.05) is 0 Å². The van der Waals surface area contributed by atoms with Crippen LogP contribution in [0.2, 0.25) is 0 Å². The SMILES string of the molecule is CCCCCCCSC(=N)N.O=[N+]([O-])c1cc([N+](=O)[O-])c(O)c([N+](=O)[O-])c1. The fraction of sp³-hybridized carbons (Fsp3) is 0.500. The second-order valence-corrected chi connectivity index (χ2v) is 6.37. The van der Waals surface area contributed by atoms with Crippen LogP contribution in [0.25, 0.3) is 0 Å². The van der Waals surface area contributed by atoms with Gasteiger partial charge < -0.3 is 10.8 Å². The van der Waals surface area contributed by atoms with Crippen LogP contribution in [-0.4, -0.2) is 30.8 Å². The van der Waals surface area contributed by atoms with E-state index in [-0.39, 0.29) is 5.17 Å². The molecule has 0 bridgehead atoms. The molecular formula is C14H21N5O7S. The normalized spacial score (nSPS) is 9.81. The van der Waals surface area contributed by atoms with E-state index in [9.17, 15) is 30.3 Å². The van der Waals surface area contributed by atoms with Crippen molar-refractivity contribution in [1.29, 1.82) is 5.41 Å². The molecule has 12 nitrogen and oxygen atoms in total. The number of amidine groups is 1. The number of phenolic OH excluding ortho intramolecular Hbond substituents is 1. The number of hydrogen-bond donors (Lipinski definition) is 3. The second kappa shape index (κ2) is 12.4. The number of aromatic hydroxyl groups is 1. The van der Waals surface area contributed by atoms with E-state index >= 15 is 0 Å². The van der Waals surface area contributed by atoms with Gasteiger partial charge in [-0.3, -0.25) is 35.8 Å². The summed E-state index contributed by atoms with van der Waals surface area (Å²) in [5, 5.41) is 47.4. The first kappa shape index (κ1) is 24.0. The number of unbranched alkanes of at least 4 members (excludes halogenated alkanes) is 4. The Balaban J connectivity index is 0.000000541. The first-order valence-electron chi connectivity index (χ1n) is 7.88. The van der Waals surface area contributed by atoms with Crippen LogP contribution in [0.1, 0.15) is 39.0 Å². The molecule has 13 heteroatoms. The molecule has 0 aliphatic rings. The zero-order valence-electron chi connectivity index (χ0n) is 14.6. The van der Waals surface area contributed by atoms with E-state index in [1.165, 1.54) is 43.9 Å². The predicted octanol–water partition coefficient (Wildman–Crippen LogP) is 3.70. The van der Waals surface area contributed by atoms with Crippen LogP contribution in [0, 0.1) is 35.8 Å². The first-order valence-corrected chi connectivity index (χ1v) is 8.87. The number of rotatable bonds is 9. The zero-order valence-corrected chi connectivity index (χ0v) is 15.4. The number of nitrogens with two attached hydrogens (primary N) is 1. The Morgan fingerprint density at radius 2 is 1.52 bits per heavy atom. The van der Waals surface area contributed by atoms with Crippen molar-refractivity contribution < 1.29 is 19.9 Å². The van der Waals surface area contributed by atoms with Crippen LogP contribution >= 0.6 is 11.8 Å². The lowest BCUT2D eigenvalue weighted by atomic mass is 10.2. The predicted molar refractivity (Wildman–Crippen MR) is 101 cm³/mol. The molecule has 0 spiro atoms. The van der Waals surface area contributed by atoms with Gasteiger partial charge in [-0.25, -0.2) is 0 Å². The highest BCUT2D eigenvalue weighted by Gasteiger charge is 2.30. The molecule has 0 radical (unpaired) electrons. The lowest BCUT2D eigenvalue weighted by molar-refractivity contribution is -0.404. The Morgan fingerprint density at radius 1 is 1.04 bits per heavy atom. The Kier molecular flexibility index (Phi) is 11.0. The number of thioether (sulfide) groups is 1. The Hall–Kier alpha value is -2.96. The number of phenols is 1. The highest BCUT2D eigenvalue weighted by atomic mass is 32.2. The van der Waals surface area contributed by atoms with E-state index in [1.54, 1.807) is 0 Å². The number of nitrogens with one attached hydrogen (secondary N) is 1. The van der Waals surface area contributed by atoms with Crippen LogP contribution in [0.5, 0.6) is 5.75 Å². The second-order valence-electron chi connectivity index (χ2n) is 5.23.